The first-order chi connectivity index (χ1) is 6.74. The topological polar surface area (TPSA) is 29.4 Å². The average molecular weight is 187 g/mol. The van der Waals surface area contributed by atoms with Crippen molar-refractivity contribution in [2.75, 3.05) is 0 Å². The van der Waals surface area contributed by atoms with Crippen molar-refractivity contribution in [2.45, 2.75) is 13.3 Å². The predicted molar refractivity (Wildman–Crippen MR) is 58.5 cm³/mol. The number of carbonyl (C=O) groups is 1. The van der Waals surface area contributed by atoms with Crippen LogP contribution in [0.3, 0.4) is 0 Å². The van der Waals surface area contributed by atoms with Crippen LogP contribution in [0.25, 0.3) is 0 Å². The van der Waals surface area contributed by atoms with E-state index in [9.17, 15) is 4.79 Å². The summed E-state index contributed by atoms with van der Waals surface area (Å²) in [5, 5.41) is 0. The minimum absolute atomic E-state index is 0.175. The summed E-state index contributed by atoms with van der Waals surface area (Å²) >= 11 is 0. The number of hydrogen-bond acceptors (Lipinski definition) is 1. The maximum atomic E-state index is 10.9. The van der Waals surface area contributed by atoms with Gasteiger partial charge in [-0.25, -0.2) is 4.99 Å². The van der Waals surface area contributed by atoms with Crippen LogP contribution in [0.5, 0.6) is 0 Å². The number of amides is 1. The number of nitrogens with zero attached hydrogens (tertiary/aromatic N) is 1. The second-order valence-corrected chi connectivity index (χ2v) is 2.94. The highest BCUT2D eigenvalue weighted by Crippen LogP contribution is 2.05. The molecule has 2 heteroatoms. The first kappa shape index (κ1) is 10.4. The Balaban J connectivity index is 3.00. The van der Waals surface area contributed by atoms with Crippen molar-refractivity contribution in [2.24, 2.45) is 4.99 Å². The summed E-state index contributed by atoms with van der Waals surface area (Å²) < 4.78 is 0. The number of aliphatic imine (C=N–C) groups is 1. The Kier molecular flexibility index (Phi) is 3.80. The Hall–Kier alpha value is -1.70. The number of hydrogen-bond donors (Lipinski definition) is 0. The van der Waals surface area contributed by atoms with Crippen molar-refractivity contribution in [3.63, 3.8) is 0 Å². The highest BCUT2D eigenvalue weighted by molar-refractivity contribution is 6.06. The fraction of sp³-hybridized carbons (Fsp3) is 0.167. The monoisotopic (exact) mass is 187 g/mol. The molecule has 0 saturated carbocycles. The first-order valence-electron chi connectivity index (χ1n) is 4.48. The van der Waals surface area contributed by atoms with Crippen LogP contribution in [0.1, 0.15) is 18.9 Å². The van der Waals surface area contributed by atoms with Gasteiger partial charge in [-0.1, -0.05) is 36.4 Å². The van der Waals surface area contributed by atoms with Gasteiger partial charge in [-0.05, 0) is 5.56 Å². The molecule has 0 bridgehead atoms. The first-order valence-corrected chi connectivity index (χ1v) is 4.48. The van der Waals surface area contributed by atoms with Gasteiger partial charge in [0, 0.05) is 13.3 Å². The lowest BCUT2D eigenvalue weighted by atomic mass is 10.1. The second kappa shape index (κ2) is 5.12. The van der Waals surface area contributed by atoms with Crippen LogP contribution < -0.4 is 0 Å². The molecule has 1 rings (SSSR count). The third-order valence-electron chi connectivity index (χ3n) is 1.74. The van der Waals surface area contributed by atoms with Crippen molar-refractivity contribution in [1.29, 1.82) is 0 Å². The zero-order valence-corrected chi connectivity index (χ0v) is 8.23. The van der Waals surface area contributed by atoms with Gasteiger partial charge in [0.2, 0.25) is 5.91 Å². The number of rotatable bonds is 3. The lowest BCUT2D eigenvalue weighted by Crippen LogP contribution is -2.02. The lowest BCUT2D eigenvalue weighted by molar-refractivity contribution is -0.115. The standard InChI is InChI=1S/C12H13NO/c1-3-7-12(13-10(2)14)11-8-5-4-6-9-11/h3-6,8-9H,1,7H2,2H3. The third kappa shape index (κ3) is 2.98. The van der Waals surface area contributed by atoms with Gasteiger partial charge in [0.15, 0.2) is 0 Å². The molecule has 0 heterocycles. The Labute approximate surface area is 84.0 Å². The van der Waals surface area contributed by atoms with Crippen LogP contribution >= 0.6 is 0 Å². The molecule has 0 atom stereocenters. The molecular formula is C12H13NO. The molecule has 1 aromatic carbocycles. The SMILES string of the molecule is C=CCC(=NC(C)=O)c1ccccc1. The smallest absolute Gasteiger partial charge is 0.242 e. The molecule has 1 aromatic rings. The summed E-state index contributed by atoms with van der Waals surface area (Å²) in [7, 11) is 0. The summed E-state index contributed by atoms with van der Waals surface area (Å²) in [5.41, 5.74) is 1.75. The quantitative estimate of drug-likeness (QED) is 0.528. The van der Waals surface area contributed by atoms with Crippen molar-refractivity contribution in [3.05, 3.63) is 48.6 Å². The Morgan fingerprint density at radius 1 is 1.43 bits per heavy atom. The van der Waals surface area contributed by atoms with Gasteiger partial charge in [-0.3, -0.25) is 4.79 Å². The van der Waals surface area contributed by atoms with Crippen LogP contribution in [0.2, 0.25) is 0 Å². The molecule has 1 amide bonds. The molecular weight excluding hydrogens is 174 g/mol. The van der Waals surface area contributed by atoms with E-state index >= 15 is 0 Å². The highest BCUT2D eigenvalue weighted by atomic mass is 16.1. The van der Waals surface area contributed by atoms with Crippen molar-refractivity contribution >= 4 is 11.6 Å². The summed E-state index contributed by atoms with van der Waals surface area (Å²) in [4.78, 5) is 14.8. The van der Waals surface area contributed by atoms with E-state index in [1.54, 1.807) is 6.08 Å². The Morgan fingerprint density at radius 3 is 2.57 bits per heavy atom. The van der Waals surface area contributed by atoms with E-state index in [-0.39, 0.29) is 5.91 Å². The predicted octanol–water partition coefficient (Wildman–Crippen LogP) is 2.60. The largest absolute Gasteiger partial charge is 0.273 e. The maximum Gasteiger partial charge on any atom is 0.242 e. The molecule has 0 aliphatic carbocycles. The fourth-order valence-corrected chi connectivity index (χ4v) is 1.19. The number of carbonyl (C=O) groups excluding carboxylic acids is 1. The van der Waals surface area contributed by atoms with Gasteiger partial charge in [-0.2, -0.15) is 0 Å². The number of allylic oxidation sites excluding steroid dienone is 1. The van der Waals surface area contributed by atoms with Gasteiger partial charge in [0.1, 0.15) is 0 Å². The molecule has 0 aliphatic heterocycles. The lowest BCUT2D eigenvalue weighted by Gasteiger charge is -2.01. The molecule has 0 unspecified atom stereocenters. The fourth-order valence-electron chi connectivity index (χ4n) is 1.19. The summed E-state index contributed by atoms with van der Waals surface area (Å²) in [6, 6.07) is 9.65. The normalized spacial score (nSPS) is 11.1. The van der Waals surface area contributed by atoms with Gasteiger partial charge in [-0.15, -0.1) is 6.58 Å². The summed E-state index contributed by atoms with van der Waals surface area (Å²) in [6.45, 7) is 5.09. The van der Waals surface area contributed by atoms with E-state index in [1.807, 2.05) is 30.3 Å². The van der Waals surface area contributed by atoms with Crippen LogP contribution in [-0.4, -0.2) is 11.6 Å². The van der Waals surface area contributed by atoms with E-state index in [2.05, 4.69) is 11.6 Å². The summed E-state index contributed by atoms with van der Waals surface area (Å²) in [5.74, 6) is -0.175. The highest BCUT2D eigenvalue weighted by Gasteiger charge is 2.01. The molecule has 14 heavy (non-hydrogen) atoms. The van der Waals surface area contributed by atoms with Gasteiger partial charge in [0.05, 0.1) is 5.71 Å². The van der Waals surface area contributed by atoms with Gasteiger partial charge in [0.25, 0.3) is 0 Å². The van der Waals surface area contributed by atoms with E-state index in [0.717, 1.165) is 11.3 Å². The minimum Gasteiger partial charge on any atom is -0.273 e. The maximum absolute atomic E-state index is 10.9. The zero-order valence-electron chi connectivity index (χ0n) is 8.23. The third-order valence-corrected chi connectivity index (χ3v) is 1.74. The second-order valence-electron chi connectivity index (χ2n) is 2.94. The molecule has 72 valence electrons. The van der Waals surface area contributed by atoms with Crippen LogP contribution in [-0.2, 0) is 4.79 Å². The van der Waals surface area contributed by atoms with Crippen LogP contribution in [0, 0.1) is 0 Å². The Morgan fingerprint density at radius 2 is 2.07 bits per heavy atom. The molecule has 0 N–H and O–H groups in total. The molecule has 0 saturated heterocycles. The van der Waals surface area contributed by atoms with E-state index in [1.165, 1.54) is 6.92 Å². The van der Waals surface area contributed by atoms with Crippen molar-refractivity contribution in [3.8, 4) is 0 Å². The van der Waals surface area contributed by atoms with Crippen molar-refractivity contribution in [1.82, 2.24) is 0 Å². The van der Waals surface area contributed by atoms with Gasteiger partial charge < -0.3 is 0 Å². The summed E-state index contributed by atoms with van der Waals surface area (Å²) in [6.07, 6.45) is 2.36. The van der Waals surface area contributed by atoms with E-state index < -0.39 is 0 Å². The van der Waals surface area contributed by atoms with E-state index in [0.29, 0.717) is 6.42 Å². The van der Waals surface area contributed by atoms with Crippen LogP contribution in [0.15, 0.2) is 48.0 Å². The van der Waals surface area contributed by atoms with Crippen LogP contribution in [0.4, 0.5) is 0 Å². The molecule has 0 aromatic heterocycles. The zero-order chi connectivity index (χ0) is 10.4. The molecule has 2 nitrogen and oxygen atoms in total. The molecule has 0 spiro atoms. The molecule has 0 radical (unpaired) electrons. The van der Waals surface area contributed by atoms with E-state index in [4.69, 9.17) is 0 Å². The Bertz CT molecular complexity index is 352. The number of benzene rings is 1. The molecule has 0 fully saturated rings. The molecule has 0 aliphatic rings. The van der Waals surface area contributed by atoms with Gasteiger partial charge >= 0.3 is 0 Å². The average Bonchev–Trinajstić information content (AvgIpc) is 2.18. The van der Waals surface area contributed by atoms with Crippen molar-refractivity contribution < 1.29 is 4.79 Å². The minimum atomic E-state index is -0.175.